The fourth-order valence-electron chi connectivity index (χ4n) is 4.06. The Balaban J connectivity index is 1.87. The van der Waals surface area contributed by atoms with E-state index in [1.165, 1.54) is 36.0 Å². The number of benzene rings is 2. The van der Waals surface area contributed by atoms with Crippen LogP contribution >= 0.6 is 11.3 Å². The van der Waals surface area contributed by atoms with Crippen LogP contribution in [0.5, 0.6) is 17.2 Å². The third-order valence-corrected chi connectivity index (χ3v) is 6.73. The summed E-state index contributed by atoms with van der Waals surface area (Å²) >= 11 is 1.20. The van der Waals surface area contributed by atoms with Gasteiger partial charge in [0.05, 0.1) is 36.1 Å². The maximum Gasteiger partial charge on any atom is 0.338 e. The molecule has 0 amide bonds. The zero-order valence-electron chi connectivity index (χ0n) is 21.3. The van der Waals surface area contributed by atoms with Gasteiger partial charge >= 0.3 is 11.9 Å². The van der Waals surface area contributed by atoms with Gasteiger partial charge in [-0.1, -0.05) is 42.2 Å². The summed E-state index contributed by atoms with van der Waals surface area (Å²) in [6, 6.07) is 11.4. The molecule has 0 unspecified atom stereocenters. The van der Waals surface area contributed by atoms with Crippen molar-refractivity contribution in [3.05, 3.63) is 97.2 Å². The molecule has 10 heteroatoms. The maximum absolute atomic E-state index is 13.7. The Labute approximate surface area is 222 Å². The molecule has 196 valence electrons. The van der Waals surface area contributed by atoms with E-state index in [9.17, 15) is 14.4 Å². The fourth-order valence-corrected chi connectivity index (χ4v) is 5.11. The van der Waals surface area contributed by atoms with Crippen LogP contribution < -0.4 is 29.1 Å². The normalized spacial score (nSPS) is 14.8. The number of rotatable bonds is 8. The van der Waals surface area contributed by atoms with E-state index < -0.39 is 18.0 Å². The van der Waals surface area contributed by atoms with Crippen molar-refractivity contribution >= 4 is 29.4 Å². The summed E-state index contributed by atoms with van der Waals surface area (Å²) in [5.74, 6) is 0.217. The second-order valence-corrected chi connectivity index (χ2v) is 9.26. The fraction of sp³-hybridized carbons (Fsp3) is 0.214. The largest absolute Gasteiger partial charge is 0.497 e. The van der Waals surface area contributed by atoms with Crippen LogP contribution in [0.25, 0.3) is 6.08 Å². The molecule has 9 nitrogen and oxygen atoms in total. The smallest absolute Gasteiger partial charge is 0.338 e. The molecule has 1 aliphatic rings. The molecule has 0 radical (unpaired) electrons. The van der Waals surface area contributed by atoms with Crippen molar-refractivity contribution in [1.82, 2.24) is 4.57 Å². The molecular weight excluding hydrogens is 508 g/mol. The van der Waals surface area contributed by atoms with Crippen molar-refractivity contribution in [3.63, 3.8) is 0 Å². The van der Waals surface area contributed by atoms with Gasteiger partial charge in [-0.2, -0.15) is 0 Å². The van der Waals surface area contributed by atoms with E-state index >= 15 is 0 Å². The highest BCUT2D eigenvalue weighted by atomic mass is 32.1. The molecule has 0 aliphatic carbocycles. The number of hydrogen-bond acceptors (Lipinski definition) is 9. The highest BCUT2D eigenvalue weighted by Gasteiger charge is 2.33. The van der Waals surface area contributed by atoms with Crippen LogP contribution in [0.2, 0.25) is 0 Å². The summed E-state index contributed by atoms with van der Waals surface area (Å²) in [6.45, 7) is 6.65. The molecule has 3 aromatic rings. The summed E-state index contributed by atoms with van der Waals surface area (Å²) in [5.41, 5.74) is 1.76. The lowest BCUT2D eigenvalue weighted by atomic mass is 9.96. The number of ether oxygens (including phenoxy) is 4. The van der Waals surface area contributed by atoms with Crippen molar-refractivity contribution in [2.45, 2.75) is 19.9 Å². The zero-order chi connectivity index (χ0) is 27.4. The van der Waals surface area contributed by atoms with E-state index in [4.69, 9.17) is 18.9 Å². The Morgan fingerprint density at radius 2 is 1.84 bits per heavy atom. The number of hydrogen-bond donors (Lipinski definition) is 0. The zero-order valence-corrected chi connectivity index (χ0v) is 22.2. The predicted octanol–water partition coefficient (Wildman–Crippen LogP) is 2.91. The van der Waals surface area contributed by atoms with E-state index in [1.807, 2.05) is 0 Å². The van der Waals surface area contributed by atoms with Crippen LogP contribution in [0.15, 0.2) is 76.2 Å². The van der Waals surface area contributed by atoms with Gasteiger partial charge < -0.3 is 18.9 Å². The molecule has 1 aromatic heterocycles. The molecule has 4 rings (SSSR count). The van der Waals surface area contributed by atoms with Gasteiger partial charge in [0, 0.05) is 6.92 Å². The molecule has 1 aliphatic heterocycles. The van der Waals surface area contributed by atoms with Crippen LogP contribution in [0.4, 0.5) is 0 Å². The van der Waals surface area contributed by atoms with Crippen LogP contribution in [0, 0.1) is 0 Å². The highest BCUT2D eigenvalue weighted by molar-refractivity contribution is 7.07. The molecule has 1 atom stereocenters. The van der Waals surface area contributed by atoms with Crippen molar-refractivity contribution in [1.29, 1.82) is 0 Å². The Morgan fingerprint density at radius 1 is 1.11 bits per heavy atom. The van der Waals surface area contributed by atoms with E-state index in [0.29, 0.717) is 37.7 Å². The number of aromatic nitrogens is 1. The van der Waals surface area contributed by atoms with E-state index in [2.05, 4.69) is 11.6 Å². The number of methoxy groups -OCH3 is 2. The minimum atomic E-state index is -0.752. The Kier molecular flexibility index (Phi) is 7.92. The lowest BCUT2D eigenvalue weighted by Gasteiger charge is -2.24. The molecule has 0 bridgehead atoms. The van der Waals surface area contributed by atoms with Crippen molar-refractivity contribution < 1.29 is 28.5 Å². The second-order valence-electron chi connectivity index (χ2n) is 8.25. The molecule has 0 N–H and O–H groups in total. The molecule has 38 heavy (non-hydrogen) atoms. The first-order valence-corrected chi connectivity index (χ1v) is 12.4. The standard InChI is InChI=1S/C28H26N2O7S/c1-6-13-36-27(33)24-16(2)29-28-30(25(24)19-8-10-20(34-4)11-9-19)26(32)23(38-28)15-18-7-12-21(37-17(3)31)22(14-18)35-5/h6-12,14-15,25H,1,13H2,2-5H3/b23-15+/t25-/m1/s1. The Morgan fingerprint density at radius 3 is 2.47 bits per heavy atom. The van der Waals surface area contributed by atoms with Crippen molar-refractivity contribution in [2.75, 3.05) is 20.8 Å². The van der Waals surface area contributed by atoms with Gasteiger partial charge in [0.25, 0.3) is 5.56 Å². The summed E-state index contributed by atoms with van der Waals surface area (Å²) in [4.78, 5) is 43.2. The van der Waals surface area contributed by atoms with Gasteiger partial charge in [-0.05, 0) is 48.4 Å². The third kappa shape index (κ3) is 5.30. The molecule has 0 fully saturated rings. The number of thiazole rings is 1. The molecule has 0 spiro atoms. The monoisotopic (exact) mass is 534 g/mol. The predicted molar refractivity (Wildman–Crippen MR) is 142 cm³/mol. The first-order chi connectivity index (χ1) is 18.3. The quantitative estimate of drug-likeness (QED) is 0.249. The number of esters is 2. The van der Waals surface area contributed by atoms with Crippen molar-refractivity contribution in [3.8, 4) is 17.2 Å². The van der Waals surface area contributed by atoms with Gasteiger partial charge in [-0.15, -0.1) is 0 Å². The van der Waals surface area contributed by atoms with Gasteiger partial charge in [-0.25, -0.2) is 9.79 Å². The van der Waals surface area contributed by atoms with Gasteiger partial charge in [-0.3, -0.25) is 14.2 Å². The Bertz CT molecular complexity index is 1610. The third-order valence-electron chi connectivity index (χ3n) is 5.74. The second kappa shape index (κ2) is 11.3. The topological polar surface area (TPSA) is 105 Å². The molecule has 2 aromatic carbocycles. The first-order valence-electron chi connectivity index (χ1n) is 11.6. The maximum atomic E-state index is 13.7. The average molecular weight is 535 g/mol. The van der Waals surface area contributed by atoms with E-state index in [1.54, 1.807) is 62.6 Å². The van der Waals surface area contributed by atoms with Crippen LogP contribution in [-0.4, -0.2) is 37.3 Å². The highest BCUT2D eigenvalue weighted by Crippen LogP contribution is 2.32. The minimum absolute atomic E-state index is 0.0283. The lowest BCUT2D eigenvalue weighted by molar-refractivity contribution is -0.138. The summed E-state index contributed by atoms with van der Waals surface area (Å²) in [5, 5.41) is 0. The van der Waals surface area contributed by atoms with E-state index in [-0.39, 0.29) is 23.5 Å². The van der Waals surface area contributed by atoms with Gasteiger partial charge in [0.2, 0.25) is 0 Å². The molecule has 2 heterocycles. The van der Waals surface area contributed by atoms with Crippen LogP contribution in [0.3, 0.4) is 0 Å². The summed E-state index contributed by atoms with van der Waals surface area (Å²) in [7, 11) is 3.03. The molecular formula is C28H26N2O7S. The van der Waals surface area contributed by atoms with Gasteiger partial charge in [0.15, 0.2) is 16.3 Å². The van der Waals surface area contributed by atoms with Crippen LogP contribution in [-0.2, 0) is 14.3 Å². The lowest BCUT2D eigenvalue weighted by Crippen LogP contribution is -2.39. The van der Waals surface area contributed by atoms with Gasteiger partial charge in [0.1, 0.15) is 12.4 Å². The SMILES string of the molecule is C=CCOC(=O)C1=C(C)N=c2s/c(=C/c3ccc(OC(C)=O)c(OC)c3)c(=O)n2[C@@H]1c1ccc(OC)cc1. The van der Waals surface area contributed by atoms with Crippen molar-refractivity contribution in [2.24, 2.45) is 4.99 Å². The number of nitrogens with zero attached hydrogens (tertiary/aromatic N) is 2. The number of carbonyl (C=O) groups is 2. The molecule has 0 saturated carbocycles. The summed E-state index contributed by atoms with van der Waals surface area (Å²) < 4.78 is 23.0. The minimum Gasteiger partial charge on any atom is -0.497 e. The number of carbonyl (C=O) groups excluding carboxylic acids is 2. The summed E-state index contributed by atoms with van der Waals surface area (Å²) in [6.07, 6.45) is 3.18. The Hall–Kier alpha value is -4.44. The average Bonchev–Trinajstić information content (AvgIpc) is 3.21. The van der Waals surface area contributed by atoms with Crippen LogP contribution in [0.1, 0.15) is 31.0 Å². The number of fused-ring (bicyclic) bond motifs is 1. The van der Waals surface area contributed by atoms with E-state index in [0.717, 1.165) is 0 Å². The number of allylic oxidation sites excluding steroid dienone is 1. The first kappa shape index (κ1) is 26.6. The molecule has 0 saturated heterocycles.